The molecule has 0 aliphatic carbocycles. The number of benzene rings is 1. The van der Waals surface area contributed by atoms with Crippen LogP contribution in [0.4, 0.5) is 5.13 Å². The van der Waals surface area contributed by atoms with Gasteiger partial charge in [-0.3, -0.25) is 5.43 Å². The first-order chi connectivity index (χ1) is 11.2. The van der Waals surface area contributed by atoms with Gasteiger partial charge in [-0.15, -0.1) is 22.7 Å². The summed E-state index contributed by atoms with van der Waals surface area (Å²) in [6.45, 7) is 0. The molecule has 3 aromatic rings. The van der Waals surface area contributed by atoms with Gasteiger partial charge in [0, 0.05) is 5.38 Å². The highest BCUT2D eigenvalue weighted by molar-refractivity contribution is 7.15. The van der Waals surface area contributed by atoms with Gasteiger partial charge in [-0.25, -0.2) is 4.98 Å². The minimum Gasteiger partial charge on any atom is -0.494 e. The normalized spacial score (nSPS) is 11.1. The van der Waals surface area contributed by atoms with E-state index in [1.807, 2.05) is 22.9 Å². The molecule has 3 rings (SSSR count). The second-order valence-electron chi connectivity index (χ2n) is 4.40. The van der Waals surface area contributed by atoms with Crippen LogP contribution >= 0.6 is 45.9 Å². The summed E-state index contributed by atoms with van der Waals surface area (Å²) >= 11 is 15.3. The second kappa shape index (κ2) is 7.31. The number of halogens is 2. The van der Waals surface area contributed by atoms with E-state index in [1.54, 1.807) is 29.7 Å². The molecule has 0 spiro atoms. The molecule has 8 heteroatoms. The largest absolute Gasteiger partial charge is 0.494 e. The molecule has 0 aliphatic rings. The highest BCUT2D eigenvalue weighted by Crippen LogP contribution is 2.33. The van der Waals surface area contributed by atoms with Crippen molar-refractivity contribution in [3.63, 3.8) is 0 Å². The van der Waals surface area contributed by atoms with E-state index < -0.39 is 0 Å². The average Bonchev–Trinajstić information content (AvgIpc) is 3.18. The molecule has 2 aromatic heterocycles. The van der Waals surface area contributed by atoms with E-state index in [1.165, 1.54) is 18.4 Å². The molecular formula is C15H11Cl2N3OS2. The lowest BCUT2D eigenvalue weighted by Gasteiger charge is -2.06. The molecule has 0 bridgehead atoms. The van der Waals surface area contributed by atoms with Crippen molar-refractivity contribution in [1.82, 2.24) is 4.98 Å². The van der Waals surface area contributed by atoms with Gasteiger partial charge in [-0.2, -0.15) is 5.10 Å². The highest BCUT2D eigenvalue weighted by atomic mass is 35.5. The zero-order valence-corrected chi connectivity index (χ0v) is 15.1. The maximum Gasteiger partial charge on any atom is 0.203 e. The summed E-state index contributed by atoms with van der Waals surface area (Å²) < 4.78 is 5.11. The van der Waals surface area contributed by atoms with Crippen LogP contribution in [0, 0.1) is 0 Å². The molecule has 1 N–H and O–H groups in total. The SMILES string of the molecule is COc1c(Cl)cc(/C=N\Nc2nc(-c3cccs3)cs2)cc1Cl. The van der Waals surface area contributed by atoms with Crippen LogP contribution in [0.2, 0.25) is 10.0 Å². The number of aromatic nitrogens is 1. The fourth-order valence-corrected chi connectivity index (χ4v) is 3.95. The number of thiophene rings is 1. The van der Waals surface area contributed by atoms with Crippen LogP contribution in [0.15, 0.2) is 40.1 Å². The van der Waals surface area contributed by atoms with Crippen molar-refractivity contribution in [1.29, 1.82) is 0 Å². The van der Waals surface area contributed by atoms with Crippen molar-refractivity contribution in [2.75, 3.05) is 12.5 Å². The Labute approximate surface area is 151 Å². The topological polar surface area (TPSA) is 46.5 Å². The molecule has 1 aromatic carbocycles. The van der Waals surface area contributed by atoms with E-state index in [2.05, 4.69) is 15.5 Å². The smallest absolute Gasteiger partial charge is 0.203 e. The Bertz CT molecular complexity index is 808. The Morgan fingerprint density at radius 3 is 2.70 bits per heavy atom. The van der Waals surface area contributed by atoms with Gasteiger partial charge in [-0.05, 0) is 29.1 Å². The Kier molecular flexibility index (Phi) is 5.17. The molecule has 0 saturated heterocycles. The third kappa shape index (κ3) is 3.84. The molecule has 0 atom stereocenters. The van der Waals surface area contributed by atoms with Crippen LogP contribution in [-0.2, 0) is 0 Å². The maximum absolute atomic E-state index is 6.09. The van der Waals surface area contributed by atoms with Crippen molar-refractivity contribution < 1.29 is 4.74 Å². The van der Waals surface area contributed by atoms with Crippen molar-refractivity contribution in [3.8, 4) is 16.3 Å². The molecule has 23 heavy (non-hydrogen) atoms. The van der Waals surface area contributed by atoms with Gasteiger partial charge in [0.1, 0.15) is 0 Å². The van der Waals surface area contributed by atoms with Crippen LogP contribution in [0.3, 0.4) is 0 Å². The fraction of sp³-hybridized carbons (Fsp3) is 0.0667. The summed E-state index contributed by atoms with van der Waals surface area (Å²) in [5, 5.41) is 9.78. The monoisotopic (exact) mass is 383 g/mol. The van der Waals surface area contributed by atoms with Crippen LogP contribution in [0.25, 0.3) is 10.6 Å². The molecule has 0 amide bonds. The van der Waals surface area contributed by atoms with E-state index in [9.17, 15) is 0 Å². The lowest BCUT2D eigenvalue weighted by Crippen LogP contribution is -1.92. The van der Waals surface area contributed by atoms with Crippen LogP contribution in [-0.4, -0.2) is 18.3 Å². The maximum atomic E-state index is 6.09. The number of rotatable bonds is 5. The lowest BCUT2D eigenvalue weighted by atomic mass is 10.2. The van der Waals surface area contributed by atoms with Gasteiger partial charge in [0.25, 0.3) is 0 Å². The number of methoxy groups -OCH3 is 1. The first kappa shape index (κ1) is 16.3. The summed E-state index contributed by atoms with van der Waals surface area (Å²) in [7, 11) is 1.52. The molecule has 0 saturated carbocycles. The predicted molar refractivity (Wildman–Crippen MR) is 99.7 cm³/mol. The van der Waals surface area contributed by atoms with E-state index >= 15 is 0 Å². The predicted octanol–water partition coefficient (Wildman–Crippen LogP) is 5.63. The summed E-state index contributed by atoms with van der Waals surface area (Å²) in [6, 6.07) is 7.50. The Hall–Kier alpha value is -1.60. The van der Waals surface area contributed by atoms with Crippen molar-refractivity contribution in [3.05, 3.63) is 50.6 Å². The minimum atomic E-state index is 0.440. The summed E-state index contributed by atoms with van der Waals surface area (Å²) in [6.07, 6.45) is 1.63. The molecular weight excluding hydrogens is 373 g/mol. The van der Waals surface area contributed by atoms with Gasteiger partial charge in [0.05, 0.1) is 33.9 Å². The zero-order valence-electron chi connectivity index (χ0n) is 11.9. The molecule has 118 valence electrons. The van der Waals surface area contributed by atoms with Crippen LogP contribution < -0.4 is 10.2 Å². The van der Waals surface area contributed by atoms with Gasteiger partial charge in [-0.1, -0.05) is 29.3 Å². The number of hydrazone groups is 1. The van der Waals surface area contributed by atoms with Crippen molar-refractivity contribution in [2.45, 2.75) is 0 Å². The fourth-order valence-electron chi connectivity index (χ4n) is 1.87. The third-order valence-corrected chi connectivity index (χ3v) is 5.08. The van der Waals surface area contributed by atoms with E-state index in [0.717, 1.165) is 21.3 Å². The lowest BCUT2D eigenvalue weighted by molar-refractivity contribution is 0.415. The molecule has 0 aliphatic heterocycles. The standard InChI is InChI=1S/C15H11Cl2N3OS2/c1-21-14-10(16)5-9(6-11(14)17)7-18-20-15-19-12(8-23-15)13-3-2-4-22-13/h2-8H,1H3,(H,19,20)/b18-7-. The third-order valence-electron chi connectivity index (χ3n) is 2.88. The number of anilines is 1. The molecule has 4 nitrogen and oxygen atoms in total. The molecule has 2 heterocycles. The Balaban J connectivity index is 1.70. The molecule has 0 unspecified atom stereocenters. The number of nitrogens with one attached hydrogen (secondary N) is 1. The number of thiazole rings is 1. The first-order valence-electron chi connectivity index (χ1n) is 6.49. The van der Waals surface area contributed by atoms with E-state index in [0.29, 0.717) is 15.8 Å². The van der Waals surface area contributed by atoms with Crippen LogP contribution in [0.1, 0.15) is 5.56 Å². The molecule has 0 radical (unpaired) electrons. The van der Waals surface area contributed by atoms with Gasteiger partial charge < -0.3 is 4.74 Å². The average molecular weight is 384 g/mol. The quantitative estimate of drug-likeness (QED) is 0.458. The summed E-state index contributed by atoms with van der Waals surface area (Å²) in [5.74, 6) is 0.457. The van der Waals surface area contributed by atoms with Crippen LogP contribution in [0.5, 0.6) is 5.75 Å². The summed E-state index contributed by atoms with van der Waals surface area (Å²) in [5.41, 5.74) is 4.62. The van der Waals surface area contributed by atoms with Gasteiger partial charge in [0.2, 0.25) is 5.13 Å². The van der Waals surface area contributed by atoms with Crippen molar-refractivity contribution >= 4 is 57.2 Å². The number of nitrogens with zero attached hydrogens (tertiary/aromatic N) is 2. The number of hydrogen-bond acceptors (Lipinski definition) is 6. The van der Waals surface area contributed by atoms with E-state index in [4.69, 9.17) is 27.9 Å². The summed E-state index contributed by atoms with van der Waals surface area (Å²) in [4.78, 5) is 5.61. The van der Waals surface area contributed by atoms with E-state index in [-0.39, 0.29) is 0 Å². The Morgan fingerprint density at radius 1 is 1.26 bits per heavy atom. The number of hydrogen-bond donors (Lipinski definition) is 1. The van der Waals surface area contributed by atoms with Gasteiger partial charge in [0.15, 0.2) is 5.75 Å². The Morgan fingerprint density at radius 2 is 2.04 bits per heavy atom. The zero-order chi connectivity index (χ0) is 16.2. The van der Waals surface area contributed by atoms with Crippen molar-refractivity contribution in [2.24, 2.45) is 5.10 Å². The highest BCUT2D eigenvalue weighted by Gasteiger charge is 2.08. The second-order valence-corrected chi connectivity index (χ2v) is 7.02. The molecule has 0 fully saturated rings. The number of ether oxygens (including phenoxy) is 1. The minimum absolute atomic E-state index is 0.440. The van der Waals surface area contributed by atoms with Gasteiger partial charge >= 0.3 is 0 Å². The first-order valence-corrected chi connectivity index (χ1v) is 9.00.